The number of carbonyl (C=O) groups is 1. The minimum absolute atomic E-state index is 0.204. The van der Waals surface area contributed by atoms with Crippen molar-refractivity contribution >= 4 is 17.7 Å². The number of aliphatic hydroxyl groups is 1. The third-order valence-electron chi connectivity index (χ3n) is 1.87. The Kier molecular flexibility index (Phi) is 5.84. The molecular weight excluding hydrogens is 226 g/mol. The number of nitrogen functional groups attached to an aromatic ring is 1. The Hall–Kier alpha value is -1.11. The molecule has 0 atom stereocenters. The molecule has 1 aromatic rings. The Balaban J connectivity index is 2.50. The van der Waals surface area contributed by atoms with Gasteiger partial charge >= 0.3 is 0 Å². The highest BCUT2D eigenvalue weighted by Gasteiger charge is 2.05. The summed E-state index contributed by atoms with van der Waals surface area (Å²) in [5.41, 5.74) is 3.20. The number of hydrazine groups is 1. The second-order valence-electron chi connectivity index (χ2n) is 3.12. The lowest BCUT2D eigenvalue weighted by Gasteiger charge is -2.03. The van der Waals surface area contributed by atoms with Gasteiger partial charge in [0.2, 0.25) is 0 Å². The molecule has 0 aromatic carbocycles. The molecule has 0 aliphatic rings. The van der Waals surface area contributed by atoms with Gasteiger partial charge in [0.15, 0.2) is 0 Å². The van der Waals surface area contributed by atoms with Gasteiger partial charge in [-0.3, -0.25) is 10.2 Å². The van der Waals surface area contributed by atoms with Crippen LogP contribution in [0, 0.1) is 0 Å². The third kappa shape index (κ3) is 4.18. The highest BCUT2D eigenvalue weighted by Crippen LogP contribution is 2.11. The Morgan fingerprint density at radius 1 is 1.56 bits per heavy atom. The maximum atomic E-state index is 11.2. The number of rotatable bonds is 6. The number of carbonyl (C=O) groups excluding carboxylic acids is 1. The summed E-state index contributed by atoms with van der Waals surface area (Å²) in [6.45, 7) is 0.204. The number of hydrogen-bond acceptors (Lipinski definition) is 5. The number of hydrogen-bond donors (Lipinski definition) is 3. The van der Waals surface area contributed by atoms with Crippen LogP contribution in [0.5, 0.6) is 0 Å². The number of aromatic nitrogens is 1. The van der Waals surface area contributed by atoms with E-state index in [1.165, 1.54) is 0 Å². The molecule has 0 aliphatic carbocycles. The third-order valence-corrected chi connectivity index (χ3v) is 2.94. The van der Waals surface area contributed by atoms with Gasteiger partial charge < -0.3 is 5.11 Å². The molecule has 0 fully saturated rings. The average Bonchev–Trinajstić information content (AvgIpc) is 2.34. The number of aliphatic hydroxyl groups excluding tert-OH is 1. The van der Waals surface area contributed by atoms with E-state index in [4.69, 9.17) is 10.9 Å². The summed E-state index contributed by atoms with van der Waals surface area (Å²) >= 11 is 1.67. The lowest BCUT2D eigenvalue weighted by Crippen LogP contribution is -2.30. The van der Waals surface area contributed by atoms with Crippen molar-refractivity contribution in [3.8, 4) is 0 Å². The van der Waals surface area contributed by atoms with E-state index in [0.717, 1.165) is 23.6 Å². The zero-order valence-electron chi connectivity index (χ0n) is 8.85. The zero-order chi connectivity index (χ0) is 11.8. The average molecular weight is 241 g/mol. The molecule has 0 bridgehead atoms. The van der Waals surface area contributed by atoms with Crippen molar-refractivity contribution in [2.45, 2.75) is 12.2 Å². The summed E-state index contributed by atoms with van der Waals surface area (Å²) in [6.07, 6.45) is 0.771. The second-order valence-corrected chi connectivity index (χ2v) is 4.22. The largest absolute Gasteiger partial charge is 0.396 e. The Labute approximate surface area is 98.4 Å². The minimum atomic E-state index is -0.387. The number of nitrogens with one attached hydrogen (secondary N) is 1. The van der Waals surface area contributed by atoms with Crippen molar-refractivity contribution in [3.63, 3.8) is 0 Å². The number of thioether (sulfide) groups is 1. The van der Waals surface area contributed by atoms with Crippen LogP contribution in [0.2, 0.25) is 0 Å². The standard InChI is InChI=1S/C10H15N3O2S/c11-13-10(15)9-4-1-3-8(12-9)7-16-6-2-5-14/h1,3-4,14H,2,5-7,11H2,(H,13,15). The fourth-order valence-corrected chi connectivity index (χ4v) is 1.95. The van der Waals surface area contributed by atoms with Crippen LogP contribution in [0.1, 0.15) is 22.6 Å². The molecule has 0 saturated heterocycles. The highest BCUT2D eigenvalue weighted by molar-refractivity contribution is 7.98. The number of amides is 1. The molecule has 1 rings (SSSR count). The van der Waals surface area contributed by atoms with E-state index in [0.29, 0.717) is 5.69 Å². The Morgan fingerprint density at radius 2 is 2.38 bits per heavy atom. The van der Waals surface area contributed by atoms with Gasteiger partial charge in [-0.1, -0.05) is 6.07 Å². The van der Waals surface area contributed by atoms with Crippen LogP contribution >= 0.6 is 11.8 Å². The summed E-state index contributed by atoms with van der Waals surface area (Å²) in [6, 6.07) is 5.25. The first kappa shape index (κ1) is 13.0. The fourth-order valence-electron chi connectivity index (χ4n) is 1.10. The van der Waals surface area contributed by atoms with E-state index < -0.39 is 0 Å². The molecular formula is C10H15N3O2S. The monoisotopic (exact) mass is 241 g/mol. The van der Waals surface area contributed by atoms with Gasteiger partial charge in [0, 0.05) is 12.4 Å². The van der Waals surface area contributed by atoms with E-state index in [-0.39, 0.29) is 12.5 Å². The molecule has 5 nitrogen and oxygen atoms in total. The van der Waals surface area contributed by atoms with Gasteiger partial charge in [0.25, 0.3) is 5.91 Å². The Morgan fingerprint density at radius 3 is 3.06 bits per heavy atom. The van der Waals surface area contributed by atoms with Crippen molar-refractivity contribution in [2.24, 2.45) is 5.84 Å². The van der Waals surface area contributed by atoms with E-state index in [2.05, 4.69) is 4.98 Å². The van der Waals surface area contributed by atoms with Crippen LogP contribution in [0.15, 0.2) is 18.2 Å². The molecule has 0 radical (unpaired) electrons. The number of nitrogens with two attached hydrogens (primary N) is 1. The molecule has 88 valence electrons. The molecule has 16 heavy (non-hydrogen) atoms. The van der Waals surface area contributed by atoms with E-state index in [1.54, 1.807) is 23.9 Å². The first-order valence-corrected chi connectivity index (χ1v) is 6.09. The van der Waals surface area contributed by atoms with Crippen molar-refractivity contribution in [3.05, 3.63) is 29.6 Å². The molecule has 4 N–H and O–H groups in total. The topological polar surface area (TPSA) is 88.2 Å². The second kappa shape index (κ2) is 7.21. The van der Waals surface area contributed by atoms with Gasteiger partial charge in [-0.05, 0) is 24.3 Å². The predicted octanol–water partition coefficient (Wildman–Crippen LogP) is 0.301. The first-order chi connectivity index (χ1) is 7.77. The highest BCUT2D eigenvalue weighted by atomic mass is 32.2. The van der Waals surface area contributed by atoms with Crippen LogP contribution < -0.4 is 11.3 Å². The summed E-state index contributed by atoms with van der Waals surface area (Å²) in [5, 5.41) is 8.62. The maximum absolute atomic E-state index is 11.2. The van der Waals surface area contributed by atoms with E-state index >= 15 is 0 Å². The molecule has 0 saturated carbocycles. The first-order valence-electron chi connectivity index (χ1n) is 4.93. The summed E-state index contributed by atoms with van der Waals surface area (Å²) in [4.78, 5) is 15.4. The summed E-state index contributed by atoms with van der Waals surface area (Å²) in [7, 11) is 0. The molecule has 0 aliphatic heterocycles. The van der Waals surface area contributed by atoms with Crippen molar-refractivity contribution in [1.29, 1.82) is 0 Å². The zero-order valence-corrected chi connectivity index (χ0v) is 9.67. The van der Waals surface area contributed by atoms with Crippen LogP contribution in [-0.2, 0) is 5.75 Å². The maximum Gasteiger partial charge on any atom is 0.283 e. The molecule has 1 aromatic heterocycles. The van der Waals surface area contributed by atoms with Gasteiger partial charge in [0.05, 0.1) is 5.69 Å². The normalized spacial score (nSPS) is 10.1. The van der Waals surface area contributed by atoms with Crippen LogP contribution in [-0.4, -0.2) is 28.4 Å². The minimum Gasteiger partial charge on any atom is -0.396 e. The summed E-state index contributed by atoms with van der Waals surface area (Å²) < 4.78 is 0. The lowest BCUT2D eigenvalue weighted by atomic mass is 10.3. The molecule has 1 amide bonds. The SMILES string of the molecule is NNC(=O)c1cccc(CSCCCO)n1. The number of pyridine rings is 1. The number of nitrogens with zero attached hydrogens (tertiary/aromatic N) is 1. The molecule has 0 spiro atoms. The van der Waals surface area contributed by atoms with Crippen LogP contribution in [0.3, 0.4) is 0 Å². The quantitative estimate of drug-likeness (QED) is 0.288. The van der Waals surface area contributed by atoms with Crippen LogP contribution in [0.4, 0.5) is 0 Å². The summed E-state index contributed by atoms with van der Waals surface area (Å²) in [5.74, 6) is 6.24. The van der Waals surface area contributed by atoms with Crippen molar-refractivity contribution < 1.29 is 9.90 Å². The van der Waals surface area contributed by atoms with Gasteiger partial charge in [0.1, 0.15) is 5.69 Å². The fraction of sp³-hybridized carbons (Fsp3) is 0.400. The van der Waals surface area contributed by atoms with Crippen molar-refractivity contribution in [1.82, 2.24) is 10.4 Å². The molecule has 0 unspecified atom stereocenters. The van der Waals surface area contributed by atoms with E-state index in [9.17, 15) is 4.79 Å². The predicted molar refractivity (Wildman–Crippen MR) is 63.8 cm³/mol. The van der Waals surface area contributed by atoms with Crippen molar-refractivity contribution in [2.75, 3.05) is 12.4 Å². The van der Waals surface area contributed by atoms with Gasteiger partial charge in [-0.2, -0.15) is 11.8 Å². The van der Waals surface area contributed by atoms with Gasteiger partial charge in [-0.25, -0.2) is 10.8 Å². The Bertz CT molecular complexity index is 347. The van der Waals surface area contributed by atoms with Crippen LogP contribution in [0.25, 0.3) is 0 Å². The molecule has 6 heteroatoms. The lowest BCUT2D eigenvalue weighted by molar-refractivity contribution is 0.0948. The smallest absolute Gasteiger partial charge is 0.283 e. The van der Waals surface area contributed by atoms with Gasteiger partial charge in [-0.15, -0.1) is 0 Å². The van der Waals surface area contributed by atoms with E-state index in [1.807, 2.05) is 11.5 Å². The molecule has 1 heterocycles.